The van der Waals surface area contributed by atoms with E-state index in [0.717, 1.165) is 28.2 Å². The van der Waals surface area contributed by atoms with Gasteiger partial charge in [-0.3, -0.25) is 14.5 Å². The molecule has 1 aliphatic rings. The molecule has 5 heteroatoms. The van der Waals surface area contributed by atoms with Gasteiger partial charge in [-0.25, -0.2) is 0 Å². The van der Waals surface area contributed by atoms with E-state index in [-0.39, 0.29) is 18.6 Å². The molecule has 140 valence electrons. The molecule has 3 aromatic carbocycles. The zero-order chi connectivity index (χ0) is 19.3. The van der Waals surface area contributed by atoms with Gasteiger partial charge in [0, 0.05) is 16.2 Å². The second-order valence-electron chi connectivity index (χ2n) is 6.44. The Morgan fingerprint density at radius 3 is 2.46 bits per heavy atom. The third-order valence-corrected chi connectivity index (χ3v) is 5.80. The van der Waals surface area contributed by atoms with E-state index in [1.807, 2.05) is 47.4 Å². The molecule has 1 atom stereocenters. The molecule has 1 amide bonds. The summed E-state index contributed by atoms with van der Waals surface area (Å²) in [7, 11) is 0. The summed E-state index contributed by atoms with van der Waals surface area (Å²) in [5.41, 5.74) is 2.59. The Bertz CT molecular complexity index is 973. The van der Waals surface area contributed by atoms with Gasteiger partial charge in [-0.05, 0) is 42.0 Å². The first-order valence-corrected chi connectivity index (χ1v) is 10.0. The third-order valence-electron chi connectivity index (χ3n) is 4.66. The lowest BCUT2D eigenvalue weighted by Crippen LogP contribution is -2.41. The second kappa shape index (κ2) is 8.31. The molecule has 4 rings (SSSR count). The van der Waals surface area contributed by atoms with Crippen LogP contribution in [-0.4, -0.2) is 24.6 Å². The Hall–Kier alpha value is -3.05. The number of para-hydroxylation sites is 1. The molecular weight excluding hydrogens is 370 g/mol. The zero-order valence-corrected chi connectivity index (χ0v) is 16.0. The van der Waals surface area contributed by atoms with Gasteiger partial charge >= 0.3 is 0 Å². The van der Waals surface area contributed by atoms with Gasteiger partial charge in [-0.15, -0.1) is 11.8 Å². The molecule has 4 nitrogen and oxygen atoms in total. The first-order chi connectivity index (χ1) is 13.8. The van der Waals surface area contributed by atoms with Gasteiger partial charge in [0.1, 0.15) is 12.0 Å². The molecule has 0 saturated carbocycles. The number of aldehydes is 1. The van der Waals surface area contributed by atoms with Crippen molar-refractivity contribution in [3.63, 3.8) is 0 Å². The van der Waals surface area contributed by atoms with Crippen LogP contribution in [0.15, 0.2) is 83.8 Å². The largest absolute Gasteiger partial charge is 0.484 e. The van der Waals surface area contributed by atoms with Crippen molar-refractivity contribution in [2.75, 3.05) is 17.3 Å². The highest BCUT2D eigenvalue weighted by Gasteiger charge is 2.32. The van der Waals surface area contributed by atoms with E-state index < -0.39 is 0 Å². The van der Waals surface area contributed by atoms with Crippen molar-refractivity contribution in [1.29, 1.82) is 0 Å². The number of carbonyl (C=O) groups is 2. The first-order valence-electron chi connectivity index (χ1n) is 9.03. The number of anilines is 1. The molecule has 0 bridgehead atoms. The second-order valence-corrected chi connectivity index (χ2v) is 7.51. The summed E-state index contributed by atoms with van der Waals surface area (Å²) in [6, 6.07) is 24.7. The molecule has 0 saturated heterocycles. The van der Waals surface area contributed by atoms with E-state index in [9.17, 15) is 9.59 Å². The first kappa shape index (κ1) is 18.3. The van der Waals surface area contributed by atoms with Crippen LogP contribution >= 0.6 is 11.8 Å². The van der Waals surface area contributed by atoms with Gasteiger partial charge in [-0.2, -0.15) is 0 Å². The Morgan fingerprint density at radius 2 is 1.71 bits per heavy atom. The van der Waals surface area contributed by atoms with E-state index in [4.69, 9.17) is 4.74 Å². The lowest BCUT2D eigenvalue weighted by atomic mass is 10.1. The standard InChI is InChI=1S/C23H19NO3S/c25-14-17-10-12-19(13-11-17)27-15-23(26)24-20-8-4-5-9-22(20)28-16-21(24)18-6-2-1-3-7-18/h1-14,21H,15-16H2. The minimum absolute atomic E-state index is 0.0466. The molecule has 0 radical (unpaired) electrons. The number of hydrogen-bond acceptors (Lipinski definition) is 4. The van der Waals surface area contributed by atoms with Gasteiger partial charge < -0.3 is 4.74 Å². The number of thioether (sulfide) groups is 1. The summed E-state index contributed by atoms with van der Waals surface area (Å²) < 4.78 is 5.71. The fourth-order valence-electron chi connectivity index (χ4n) is 3.28. The molecule has 0 aromatic heterocycles. The number of ether oxygens (including phenoxy) is 1. The number of amides is 1. The van der Waals surface area contributed by atoms with Gasteiger partial charge in [0.15, 0.2) is 6.61 Å². The van der Waals surface area contributed by atoms with Crippen molar-refractivity contribution < 1.29 is 14.3 Å². The van der Waals surface area contributed by atoms with Crippen molar-refractivity contribution in [3.05, 3.63) is 90.0 Å². The highest BCUT2D eigenvalue weighted by Crippen LogP contribution is 2.43. The summed E-state index contributed by atoms with van der Waals surface area (Å²) in [6.45, 7) is -0.0667. The molecular formula is C23H19NO3S. The van der Waals surface area contributed by atoms with Crippen LogP contribution in [0.4, 0.5) is 5.69 Å². The summed E-state index contributed by atoms with van der Waals surface area (Å²) in [5, 5.41) is 0. The van der Waals surface area contributed by atoms with Crippen molar-refractivity contribution >= 4 is 29.6 Å². The number of nitrogens with zero attached hydrogens (tertiary/aromatic N) is 1. The van der Waals surface area contributed by atoms with Gasteiger partial charge in [0.25, 0.3) is 5.91 Å². The SMILES string of the molecule is O=Cc1ccc(OCC(=O)N2c3ccccc3SCC2c2ccccc2)cc1. The Labute approximate surface area is 168 Å². The van der Waals surface area contributed by atoms with E-state index in [1.54, 1.807) is 36.0 Å². The van der Waals surface area contributed by atoms with Crippen LogP contribution in [0.25, 0.3) is 0 Å². The minimum atomic E-state index is -0.0962. The predicted molar refractivity (Wildman–Crippen MR) is 111 cm³/mol. The average molecular weight is 389 g/mol. The highest BCUT2D eigenvalue weighted by atomic mass is 32.2. The maximum absolute atomic E-state index is 13.2. The van der Waals surface area contributed by atoms with Crippen LogP contribution in [0, 0.1) is 0 Å². The minimum Gasteiger partial charge on any atom is -0.484 e. The number of benzene rings is 3. The molecule has 1 unspecified atom stereocenters. The van der Waals surface area contributed by atoms with Crippen LogP contribution in [-0.2, 0) is 4.79 Å². The lowest BCUT2D eigenvalue weighted by molar-refractivity contribution is -0.121. The zero-order valence-electron chi connectivity index (χ0n) is 15.2. The smallest absolute Gasteiger partial charge is 0.265 e. The van der Waals surface area contributed by atoms with Gasteiger partial charge in [-0.1, -0.05) is 42.5 Å². The van der Waals surface area contributed by atoms with Crippen molar-refractivity contribution in [1.82, 2.24) is 0 Å². The predicted octanol–water partition coefficient (Wildman–Crippen LogP) is 4.76. The molecule has 3 aromatic rings. The fraction of sp³-hybridized carbons (Fsp3) is 0.130. The highest BCUT2D eigenvalue weighted by molar-refractivity contribution is 7.99. The molecule has 0 N–H and O–H groups in total. The van der Waals surface area contributed by atoms with Crippen LogP contribution < -0.4 is 9.64 Å². The van der Waals surface area contributed by atoms with Gasteiger partial charge in [0.2, 0.25) is 0 Å². The van der Waals surface area contributed by atoms with Crippen LogP contribution in [0.1, 0.15) is 22.0 Å². The number of rotatable bonds is 5. The fourth-order valence-corrected chi connectivity index (χ4v) is 4.44. The van der Waals surface area contributed by atoms with Crippen molar-refractivity contribution in [3.8, 4) is 5.75 Å². The Balaban J connectivity index is 1.58. The molecule has 1 aliphatic heterocycles. The summed E-state index contributed by atoms with van der Waals surface area (Å²) in [6.07, 6.45) is 0.779. The quantitative estimate of drug-likeness (QED) is 0.591. The van der Waals surface area contributed by atoms with E-state index in [1.165, 1.54) is 0 Å². The monoisotopic (exact) mass is 389 g/mol. The Morgan fingerprint density at radius 1 is 1.00 bits per heavy atom. The van der Waals surface area contributed by atoms with E-state index >= 15 is 0 Å². The topological polar surface area (TPSA) is 46.6 Å². The molecule has 1 heterocycles. The van der Waals surface area contributed by atoms with Crippen LogP contribution in [0.3, 0.4) is 0 Å². The Kier molecular flexibility index (Phi) is 5.44. The lowest BCUT2D eigenvalue weighted by Gasteiger charge is -2.37. The summed E-state index contributed by atoms with van der Waals surface area (Å²) in [5.74, 6) is 1.26. The normalized spacial score (nSPS) is 15.6. The maximum atomic E-state index is 13.2. The van der Waals surface area contributed by atoms with Crippen molar-refractivity contribution in [2.24, 2.45) is 0 Å². The number of fused-ring (bicyclic) bond motifs is 1. The molecule has 0 fully saturated rings. The molecule has 0 spiro atoms. The maximum Gasteiger partial charge on any atom is 0.265 e. The number of hydrogen-bond donors (Lipinski definition) is 0. The average Bonchev–Trinajstić information content (AvgIpc) is 2.77. The van der Waals surface area contributed by atoms with Crippen molar-refractivity contribution in [2.45, 2.75) is 10.9 Å². The van der Waals surface area contributed by atoms with Crippen LogP contribution in [0.5, 0.6) is 5.75 Å². The van der Waals surface area contributed by atoms with Crippen LogP contribution in [0.2, 0.25) is 0 Å². The summed E-state index contributed by atoms with van der Waals surface area (Å²) in [4.78, 5) is 26.9. The van der Waals surface area contributed by atoms with E-state index in [0.29, 0.717) is 11.3 Å². The summed E-state index contributed by atoms with van der Waals surface area (Å²) >= 11 is 1.76. The number of carbonyl (C=O) groups excluding carboxylic acids is 2. The van der Waals surface area contributed by atoms with E-state index in [2.05, 4.69) is 12.1 Å². The molecule has 28 heavy (non-hydrogen) atoms. The third kappa shape index (κ3) is 3.80. The van der Waals surface area contributed by atoms with Gasteiger partial charge in [0.05, 0.1) is 11.7 Å². The molecule has 0 aliphatic carbocycles.